The molecule has 2 aromatic rings. The first kappa shape index (κ1) is 20.7. The van der Waals surface area contributed by atoms with E-state index in [1.165, 1.54) is 5.56 Å². The summed E-state index contributed by atoms with van der Waals surface area (Å²) in [7, 11) is 0. The van der Waals surface area contributed by atoms with Crippen molar-refractivity contribution in [1.29, 1.82) is 0 Å². The molecule has 1 aliphatic carbocycles. The molecular weight excluding hydrogens is 404 g/mol. The highest BCUT2D eigenvalue weighted by Gasteiger charge is 2.32. The molecule has 1 N–H and O–H groups in total. The molecule has 6 heteroatoms. The zero-order valence-electron chi connectivity index (χ0n) is 18.2. The monoisotopic (exact) mass is 432 g/mol. The van der Waals surface area contributed by atoms with Crippen molar-refractivity contribution in [2.75, 3.05) is 18.0 Å². The molecule has 1 unspecified atom stereocenters. The quantitative estimate of drug-likeness (QED) is 0.515. The van der Waals surface area contributed by atoms with Gasteiger partial charge in [-0.25, -0.2) is 4.79 Å². The summed E-state index contributed by atoms with van der Waals surface area (Å²) in [5.74, 6) is 0.288. The molecule has 0 aromatic heterocycles. The Morgan fingerprint density at radius 2 is 1.78 bits per heavy atom. The van der Waals surface area contributed by atoms with Gasteiger partial charge in [0, 0.05) is 31.5 Å². The van der Waals surface area contributed by atoms with Gasteiger partial charge in [0.25, 0.3) is 0 Å². The number of nitrogens with zero attached hydrogens (tertiary/aromatic N) is 2. The van der Waals surface area contributed by atoms with E-state index in [-0.39, 0.29) is 17.7 Å². The molecular formula is C26H28N2O4. The van der Waals surface area contributed by atoms with E-state index in [9.17, 15) is 19.5 Å². The SMILES string of the molecule is O=C(CCCCN(C(=O)O)C1CCc2ccccc21)c1cc2c3c(c1)CCN3C(=O)CC2. The number of carbonyl (C=O) groups excluding carboxylic acids is 2. The summed E-state index contributed by atoms with van der Waals surface area (Å²) in [6.45, 7) is 1.16. The molecule has 3 aliphatic rings. The number of amides is 2. The molecule has 0 saturated carbocycles. The van der Waals surface area contributed by atoms with Crippen LogP contribution in [0.5, 0.6) is 0 Å². The number of Topliss-reactive ketones (excluding diaryl/α,β-unsaturated/α-hetero) is 1. The number of benzene rings is 2. The zero-order chi connectivity index (χ0) is 22.2. The number of carboxylic acid groups (broad SMARTS) is 1. The van der Waals surface area contributed by atoms with E-state index in [0.717, 1.165) is 47.2 Å². The number of carbonyl (C=O) groups is 3. The van der Waals surface area contributed by atoms with Crippen LogP contribution in [0.3, 0.4) is 0 Å². The molecule has 166 valence electrons. The highest BCUT2D eigenvalue weighted by molar-refractivity contribution is 6.02. The second kappa shape index (κ2) is 8.41. The van der Waals surface area contributed by atoms with Crippen LogP contribution in [0.4, 0.5) is 10.5 Å². The smallest absolute Gasteiger partial charge is 0.407 e. The fourth-order valence-corrected chi connectivity index (χ4v) is 5.57. The van der Waals surface area contributed by atoms with Gasteiger partial charge in [-0.1, -0.05) is 24.3 Å². The molecule has 2 aromatic carbocycles. The van der Waals surface area contributed by atoms with Crippen LogP contribution in [0.15, 0.2) is 36.4 Å². The number of aryl methyl sites for hydroxylation is 2. The average Bonchev–Trinajstić information content (AvgIpc) is 3.41. The van der Waals surface area contributed by atoms with Crippen molar-refractivity contribution >= 4 is 23.5 Å². The maximum atomic E-state index is 12.9. The largest absolute Gasteiger partial charge is 0.465 e. The number of unbranched alkanes of at least 4 members (excludes halogenated alkanes) is 1. The maximum absolute atomic E-state index is 12.9. The Kier molecular flexibility index (Phi) is 5.45. The van der Waals surface area contributed by atoms with E-state index in [1.807, 2.05) is 35.2 Å². The summed E-state index contributed by atoms with van der Waals surface area (Å²) in [6.07, 6.45) is 4.60. The van der Waals surface area contributed by atoms with Crippen LogP contribution in [-0.2, 0) is 24.1 Å². The van der Waals surface area contributed by atoms with Crippen LogP contribution in [0.25, 0.3) is 0 Å². The van der Waals surface area contributed by atoms with E-state index in [0.29, 0.717) is 45.2 Å². The van der Waals surface area contributed by atoms with E-state index >= 15 is 0 Å². The summed E-state index contributed by atoms with van der Waals surface area (Å²) in [5, 5.41) is 9.77. The van der Waals surface area contributed by atoms with Crippen molar-refractivity contribution in [2.24, 2.45) is 0 Å². The van der Waals surface area contributed by atoms with Gasteiger partial charge in [-0.05, 0) is 72.9 Å². The Morgan fingerprint density at radius 1 is 1.00 bits per heavy atom. The second-order valence-corrected chi connectivity index (χ2v) is 9.05. The fourth-order valence-electron chi connectivity index (χ4n) is 5.57. The van der Waals surface area contributed by atoms with Crippen molar-refractivity contribution in [2.45, 2.75) is 57.4 Å². The van der Waals surface area contributed by atoms with Gasteiger partial charge in [-0.3, -0.25) is 9.59 Å². The van der Waals surface area contributed by atoms with Gasteiger partial charge < -0.3 is 14.9 Å². The van der Waals surface area contributed by atoms with Gasteiger partial charge in [0.05, 0.1) is 11.7 Å². The summed E-state index contributed by atoms with van der Waals surface area (Å²) >= 11 is 0. The van der Waals surface area contributed by atoms with Crippen LogP contribution in [0, 0.1) is 0 Å². The molecule has 2 aliphatic heterocycles. The predicted molar refractivity (Wildman–Crippen MR) is 121 cm³/mol. The first-order chi connectivity index (χ1) is 15.5. The minimum atomic E-state index is -0.894. The standard InChI is InChI=1S/C26H28N2O4/c29-23(20-15-18-9-11-24(30)28-14-12-19(16-20)25(18)28)7-3-4-13-27(26(31)32)22-10-8-17-5-1-2-6-21(17)22/h1-2,5-6,15-16,22H,3-4,7-14H2,(H,31,32). The Hall–Kier alpha value is -3.15. The topological polar surface area (TPSA) is 77.9 Å². The third kappa shape index (κ3) is 3.68. The van der Waals surface area contributed by atoms with Gasteiger partial charge in [-0.2, -0.15) is 0 Å². The third-order valence-corrected chi connectivity index (χ3v) is 7.15. The van der Waals surface area contributed by atoms with Crippen LogP contribution < -0.4 is 4.90 Å². The van der Waals surface area contributed by atoms with E-state index in [2.05, 4.69) is 6.07 Å². The Labute approximate surface area is 187 Å². The number of ketones is 1. The van der Waals surface area contributed by atoms with Crippen LogP contribution >= 0.6 is 0 Å². The van der Waals surface area contributed by atoms with E-state index in [4.69, 9.17) is 0 Å². The zero-order valence-corrected chi connectivity index (χ0v) is 18.2. The Morgan fingerprint density at radius 3 is 2.59 bits per heavy atom. The van der Waals surface area contributed by atoms with Crippen molar-refractivity contribution in [3.8, 4) is 0 Å². The molecule has 0 fully saturated rings. The van der Waals surface area contributed by atoms with E-state index < -0.39 is 6.09 Å². The normalized spacial score (nSPS) is 18.4. The Bertz CT molecular complexity index is 1090. The van der Waals surface area contributed by atoms with Crippen molar-refractivity contribution in [1.82, 2.24) is 4.90 Å². The lowest BCUT2D eigenvalue weighted by atomic mass is 9.94. The predicted octanol–water partition coefficient (Wildman–Crippen LogP) is 4.54. The number of hydrogen-bond donors (Lipinski definition) is 1. The molecule has 2 heterocycles. The van der Waals surface area contributed by atoms with Crippen molar-refractivity contribution < 1.29 is 19.5 Å². The molecule has 6 nitrogen and oxygen atoms in total. The van der Waals surface area contributed by atoms with Gasteiger partial charge in [0.1, 0.15) is 0 Å². The number of fused-ring (bicyclic) bond motifs is 1. The van der Waals surface area contributed by atoms with Gasteiger partial charge in [0.15, 0.2) is 5.78 Å². The summed E-state index contributed by atoms with van der Waals surface area (Å²) in [5.41, 5.74) is 6.34. The third-order valence-electron chi connectivity index (χ3n) is 7.15. The lowest BCUT2D eigenvalue weighted by molar-refractivity contribution is -0.118. The Balaban J connectivity index is 1.19. The molecule has 1 atom stereocenters. The maximum Gasteiger partial charge on any atom is 0.407 e. The van der Waals surface area contributed by atoms with Crippen molar-refractivity contribution in [3.63, 3.8) is 0 Å². The molecule has 0 saturated heterocycles. The molecule has 32 heavy (non-hydrogen) atoms. The van der Waals surface area contributed by atoms with Gasteiger partial charge >= 0.3 is 6.09 Å². The molecule has 0 spiro atoms. The fraction of sp³-hybridized carbons (Fsp3) is 0.423. The number of anilines is 1. The summed E-state index contributed by atoms with van der Waals surface area (Å²) in [6, 6.07) is 11.9. The van der Waals surface area contributed by atoms with Crippen LogP contribution in [0.2, 0.25) is 0 Å². The summed E-state index contributed by atoms with van der Waals surface area (Å²) in [4.78, 5) is 40.3. The lowest BCUT2D eigenvalue weighted by Crippen LogP contribution is -2.33. The van der Waals surface area contributed by atoms with Gasteiger partial charge in [0.2, 0.25) is 5.91 Å². The minimum absolute atomic E-state index is 0.0881. The van der Waals surface area contributed by atoms with Crippen LogP contribution in [-0.4, -0.2) is 40.9 Å². The summed E-state index contributed by atoms with van der Waals surface area (Å²) < 4.78 is 0. The highest BCUT2D eigenvalue weighted by atomic mass is 16.4. The molecule has 5 rings (SSSR count). The average molecular weight is 433 g/mol. The highest BCUT2D eigenvalue weighted by Crippen LogP contribution is 2.38. The van der Waals surface area contributed by atoms with Crippen LogP contribution in [0.1, 0.15) is 70.8 Å². The second-order valence-electron chi connectivity index (χ2n) is 9.05. The van der Waals surface area contributed by atoms with Gasteiger partial charge in [-0.15, -0.1) is 0 Å². The first-order valence-corrected chi connectivity index (χ1v) is 11.6. The van der Waals surface area contributed by atoms with Crippen molar-refractivity contribution in [3.05, 3.63) is 64.2 Å². The lowest BCUT2D eigenvalue weighted by Gasteiger charge is -2.27. The first-order valence-electron chi connectivity index (χ1n) is 11.6. The molecule has 0 bridgehead atoms. The number of hydrogen-bond acceptors (Lipinski definition) is 3. The molecule has 2 amide bonds. The van der Waals surface area contributed by atoms with E-state index in [1.54, 1.807) is 4.90 Å². The number of rotatable bonds is 7. The minimum Gasteiger partial charge on any atom is -0.465 e. The molecule has 0 radical (unpaired) electrons.